The molecule has 0 unspecified atom stereocenters. The number of nitrogens with zero attached hydrogens (tertiary/aromatic N) is 1. The van der Waals surface area contributed by atoms with Crippen LogP contribution in [0.3, 0.4) is 0 Å². The average Bonchev–Trinajstić information content (AvgIpc) is 3.36. The summed E-state index contributed by atoms with van der Waals surface area (Å²) in [5.41, 5.74) is 1.47. The summed E-state index contributed by atoms with van der Waals surface area (Å²) in [6.45, 7) is 16.2. The van der Waals surface area contributed by atoms with E-state index in [0.717, 1.165) is 57.9 Å². The predicted octanol–water partition coefficient (Wildman–Crippen LogP) is 6.86. The lowest BCUT2D eigenvalue weighted by Gasteiger charge is -2.60. The van der Waals surface area contributed by atoms with E-state index in [1.54, 1.807) is 0 Å². The van der Waals surface area contributed by atoms with E-state index in [0.29, 0.717) is 53.3 Å². The van der Waals surface area contributed by atoms with E-state index in [4.69, 9.17) is 0 Å². The lowest BCUT2D eigenvalue weighted by Crippen LogP contribution is -2.58. The second-order valence-corrected chi connectivity index (χ2v) is 15.0. The van der Waals surface area contributed by atoms with Crippen LogP contribution in [0.5, 0.6) is 0 Å². The van der Waals surface area contributed by atoms with Crippen LogP contribution in [-0.2, 0) is 16.1 Å². The van der Waals surface area contributed by atoms with Crippen molar-refractivity contribution >= 4 is 11.7 Å². The topological polar surface area (TPSA) is 61.4 Å². The molecule has 0 saturated heterocycles. The Balaban J connectivity index is 1.16. The van der Waals surface area contributed by atoms with E-state index in [-0.39, 0.29) is 11.3 Å². The largest absolute Gasteiger partial charge is 0.355 e. The first-order valence-corrected chi connectivity index (χ1v) is 17.5. The van der Waals surface area contributed by atoms with E-state index < -0.39 is 0 Å². The number of nitrogens with one attached hydrogen (secondary N) is 2. The lowest BCUT2D eigenvalue weighted by molar-refractivity contribution is -0.158. The van der Waals surface area contributed by atoms with Crippen LogP contribution < -0.4 is 10.6 Å². The maximum absolute atomic E-state index is 14.2. The van der Waals surface area contributed by atoms with Crippen molar-refractivity contribution in [3.8, 4) is 0 Å². The van der Waals surface area contributed by atoms with Gasteiger partial charge in [-0.2, -0.15) is 0 Å². The van der Waals surface area contributed by atoms with Crippen molar-refractivity contribution in [1.82, 2.24) is 15.5 Å². The molecule has 0 aromatic heterocycles. The predicted molar refractivity (Wildman–Crippen MR) is 172 cm³/mol. The van der Waals surface area contributed by atoms with Gasteiger partial charge in [-0.1, -0.05) is 65.0 Å². The Morgan fingerprint density at radius 2 is 1.79 bits per heavy atom. The van der Waals surface area contributed by atoms with Gasteiger partial charge in [0.05, 0.1) is 0 Å². The standard InChI is InChI=1S/C37H59N3O2/c1-6-40(7-2)22-21-38-35(42)18-13-26(3)31-16-17-32-30-15-14-28-23-29(39-25-27-11-9-8-10-12-27)19-20-36(28,4)33(30)24-34(41)37(31,32)5/h8-12,26,28-33,39H,6-7,13-25H2,1-5H3,(H,38,42)/t26-,28-,29+,30+,31-,32+,33+,36+,37-/m1/s1. The number of rotatable bonds is 12. The molecular formula is C37H59N3O2. The van der Waals surface area contributed by atoms with E-state index in [9.17, 15) is 9.59 Å². The molecule has 234 valence electrons. The number of fused-ring (bicyclic) bond motifs is 5. The van der Waals surface area contributed by atoms with E-state index >= 15 is 0 Å². The Labute approximate surface area is 256 Å². The maximum atomic E-state index is 14.2. The second kappa shape index (κ2) is 13.5. The molecule has 4 aliphatic rings. The molecule has 0 heterocycles. The van der Waals surface area contributed by atoms with Crippen molar-refractivity contribution in [3.63, 3.8) is 0 Å². The molecule has 1 aromatic rings. The SMILES string of the molecule is CCN(CC)CCNC(=O)CC[C@@H](C)[C@H]1CC[C@H]2[C@@H]3CC[C@@H]4C[C@@H](NCc5ccccc5)CC[C@]4(C)[C@H]3CC(=O)[C@]12C. The summed E-state index contributed by atoms with van der Waals surface area (Å²) in [5, 5.41) is 7.01. The quantitative estimate of drug-likeness (QED) is 0.285. The normalized spacial score (nSPS) is 36.7. The third kappa shape index (κ3) is 6.25. The molecule has 42 heavy (non-hydrogen) atoms. The summed E-state index contributed by atoms with van der Waals surface area (Å²) in [6, 6.07) is 11.4. The number of hydrogen-bond donors (Lipinski definition) is 2. The highest BCUT2D eigenvalue weighted by molar-refractivity contribution is 5.87. The summed E-state index contributed by atoms with van der Waals surface area (Å²) in [6.07, 6.45) is 11.0. The second-order valence-electron chi connectivity index (χ2n) is 15.0. The van der Waals surface area contributed by atoms with Gasteiger partial charge in [-0.15, -0.1) is 0 Å². The molecule has 1 aromatic carbocycles. The molecule has 1 amide bonds. The maximum Gasteiger partial charge on any atom is 0.220 e. The number of carbonyl (C=O) groups excluding carboxylic acids is 2. The fraction of sp³-hybridized carbons (Fsp3) is 0.784. The zero-order chi connectivity index (χ0) is 29.9. The zero-order valence-corrected chi connectivity index (χ0v) is 27.3. The van der Waals surface area contributed by atoms with Crippen LogP contribution in [0, 0.1) is 46.3 Å². The Morgan fingerprint density at radius 1 is 1.02 bits per heavy atom. The molecule has 0 aliphatic heterocycles. The fourth-order valence-electron chi connectivity index (χ4n) is 10.5. The molecule has 2 N–H and O–H groups in total. The number of Topliss-reactive ketones (excluding diaryl/α,β-unsaturated/α-hetero) is 1. The molecule has 5 heteroatoms. The summed E-state index contributed by atoms with van der Waals surface area (Å²) in [7, 11) is 0. The van der Waals surface area contributed by atoms with Crippen LogP contribution in [-0.4, -0.2) is 48.8 Å². The highest BCUT2D eigenvalue weighted by Gasteiger charge is 2.63. The Hall–Kier alpha value is -1.72. The number of likely N-dealkylation sites (N-methyl/N-ethyl adjacent to an activating group) is 1. The third-order valence-electron chi connectivity index (χ3n) is 13.2. The molecule has 0 spiro atoms. The lowest BCUT2D eigenvalue weighted by atomic mass is 9.44. The summed E-state index contributed by atoms with van der Waals surface area (Å²) in [4.78, 5) is 29.2. The van der Waals surface area contributed by atoms with Gasteiger partial charge in [-0.25, -0.2) is 0 Å². The number of ketones is 1. The number of amides is 1. The number of hydrogen-bond acceptors (Lipinski definition) is 4. The van der Waals surface area contributed by atoms with Gasteiger partial charge in [0.2, 0.25) is 5.91 Å². The fourth-order valence-corrected chi connectivity index (χ4v) is 10.5. The van der Waals surface area contributed by atoms with Crippen LogP contribution in [0.4, 0.5) is 0 Å². The van der Waals surface area contributed by atoms with E-state index in [2.05, 4.69) is 80.5 Å². The van der Waals surface area contributed by atoms with E-state index in [1.807, 2.05) is 0 Å². The van der Waals surface area contributed by atoms with Gasteiger partial charge < -0.3 is 15.5 Å². The third-order valence-corrected chi connectivity index (χ3v) is 13.2. The highest BCUT2D eigenvalue weighted by Crippen LogP contribution is 2.67. The van der Waals surface area contributed by atoms with Gasteiger partial charge in [0.25, 0.3) is 0 Å². The van der Waals surface area contributed by atoms with Crippen molar-refractivity contribution in [1.29, 1.82) is 0 Å². The molecule has 4 aliphatic carbocycles. The van der Waals surface area contributed by atoms with Gasteiger partial charge >= 0.3 is 0 Å². The van der Waals surface area contributed by atoms with E-state index in [1.165, 1.54) is 44.1 Å². The molecule has 4 fully saturated rings. The Bertz CT molecular complexity index is 1060. The average molecular weight is 578 g/mol. The van der Waals surface area contributed by atoms with Crippen molar-refractivity contribution in [2.75, 3.05) is 26.2 Å². The first kappa shape index (κ1) is 31.7. The van der Waals surface area contributed by atoms with Gasteiger partial charge in [0, 0.05) is 43.9 Å². The Kier molecular flexibility index (Phi) is 10.2. The number of benzene rings is 1. The molecule has 5 rings (SSSR count). The summed E-state index contributed by atoms with van der Waals surface area (Å²) >= 11 is 0. The van der Waals surface area contributed by atoms with Crippen LogP contribution in [0.2, 0.25) is 0 Å². The minimum atomic E-state index is -0.197. The Morgan fingerprint density at radius 3 is 2.52 bits per heavy atom. The molecule has 0 bridgehead atoms. The minimum absolute atomic E-state index is 0.170. The molecule has 4 saturated carbocycles. The van der Waals surface area contributed by atoms with Crippen LogP contribution >= 0.6 is 0 Å². The van der Waals surface area contributed by atoms with Gasteiger partial charge in [-0.3, -0.25) is 9.59 Å². The summed E-state index contributed by atoms with van der Waals surface area (Å²) < 4.78 is 0. The first-order chi connectivity index (χ1) is 20.2. The van der Waals surface area contributed by atoms with Crippen LogP contribution in [0.1, 0.15) is 104 Å². The number of carbonyl (C=O) groups is 2. The highest BCUT2D eigenvalue weighted by atomic mass is 16.1. The molecule has 5 nitrogen and oxygen atoms in total. The van der Waals surface area contributed by atoms with Crippen LogP contribution in [0.15, 0.2) is 30.3 Å². The zero-order valence-electron chi connectivity index (χ0n) is 27.3. The van der Waals surface area contributed by atoms with Gasteiger partial charge in [-0.05, 0) is 111 Å². The molecule has 9 atom stereocenters. The smallest absolute Gasteiger partial charge is 0.220 e. The van der Waals surface area contributed by atoms with Gasteiger partial charge in [0.1, 0.15) is 5.78 Å². The molecular weight excluding hydrogens is 518 g/mol. The van der Waals surface area contributed by atoms with Crippen molar-refractivity contribution in [2.45, 2.75) is 111 Å². The first-order valence-electron chi connectivity index (χ1n) is 17.5. The minimum Gasteiger partial charge on any atom is -0.355 e. The van der Waals surface area contributed by atoms with Crippen molar-refractivity contribution in [3.05, 3.63) is 35.9 Å². The van der Waals surface area contributed by atoms with Crippen LogP contribution in [0.25, 0.3) is 0 Å². The summed E-state index contributed by atoms with van der Waals surface area (Å²) in [5.74, 6) is 4.07. The van der Waals surface area contributed by atoms with Crippen molar-refractivity contribution in [2.24, 2.45) is 46.3 Å². The van der Waals surface area contributed by atoms with Crippen molar-refractivity contribution < 1.29 is 9.59 Å². The monoisotopic (exact) mass is 577 g/mol. The molecule has 0 radical (unpaired) electrons. The van der Waals surface area contributed by atoms with Gasteiger partial charge in [0.15, 0.2) is 0 Å².